The summed E-state index contributed by atoms with van der Waals surface area (Å²) in [6.07, 6.45) is 7.84. The fourth-order valence-electron chi connectivity index (χ4n) is 2.44. The number of aromatic nitrogens is 2. The molecule has 0 aromatic carbocycles. The van der Waals surface area contributed by atoms with E-state index in [1.165, 1.54) is 19.3 Å². The maximum absolute atomic E-state index is 5.02. The van der Waals surface area contributed by atoms with Gasteiger partial charge in [-0.15, -0.1) is 0 Å². The number of rotatable bonds is 5. The minimum atomic E-state index is 0.627. The van der Waals surface area contributed by atoms with Gasteiger partial charge in [0.25, 0.3) is 0 Å². The van der Waals surface area contributed by atoms with E-state index in [0.717, 1.165) is 18.4 Å². The first-order valence-corrected chi connectivity index (χ1v) is 6.07. The summed E-state index contributed by atoms with van der Waals surface area (Å²) in [5, 5.41) is 3.31. The highest BCUT2D eigenvalue weighted by Crippen LogP contribution is 2.35. The van der Waals surface area contributed by atoms with Gasteiger partial charge in [-0.3, -0.25) is 0 Å². The Labute approximate surface area is 97.0 Å². The van der Waals surface area contributed by atoms with Gasteiger partial charge in [0.1, 0.15) is 0 Å². The molecule has 0 bridgehead atoms. The van der Waals surface area contributed by atoms with E-state index in [1.807, 2.05) is 6.20 Å². The number of hydrogen-bond donors (Lipinski definition) is 1. The second-order valence-corrected chi connectivity index (χ2v) is 4.65. The summed E-state index contributed by atoms with van der Waals surface area (Å²) in [6, 6.07) is 0.627. The number of nitrogens with one attached hydrogen (secondary N) is 1. The molecule has 4 nitrogen and oxygen atoms in total. The molecule has 1 aliphatic rings. The number of hydrogen-bond acceptors (Lipinski definition) is 3. The van der Waals surface area contributed by atoms with E-state index < -0.39 is 0 Å². The second kappa shape index (κ2) is 5.34. The van der Waals surface area contributed by atoms with Gasteiger partial charge in [-0.2, -0.15) is 0 Å². The predicted octanol–water partition coefficient (Wildman–Crippen LogP) is 2.30. The third-order valence-electron chi connectivity index (χ3n) is 3.32. The van der Waals surface area contributed by atoms with Gasteiger partial charge in [0, 0.05) is 32.1 Å². The lowest BCUT2D eigenvalue weighted by molar-refractivity contribution is 0.210. The van der Waals surface area contributed by atoms with E-state index in [9.17, 15) is 0 Å². The average Bonchev–Trinajstić information content (AvgIpc) is 2.87. The topological polar surface area (TPSA) is 39.1 Å². The molecule has 1 N–H and O–H groups in total. The Balaban J connectivity index is 1.96. The van der Waals surface area contributed by atoms with Crippen molar-refractivity contribution in [3.63, 3.8) is 0 Å². The lowest BCUT2D eigenvalue weighted by Gasteiger charge is -2.15. The lowest BCUT2D eigenvalue weighted by Crippen LogP contribution is -2.14. The molecule has 0 saturated heterocycles. The molecule has 0 radical (unpaired) electrons. The third-order valence-corrected chi connectivity index (χ3v) is 3.32. The van der Waals surface area contributed by atoms with Crippen molar-refractivity contribution < 1.29 is 4.74 Å². The quantitative estimate of drug-likeness (QED) is 0.778. The molecular formula is C12H21N3O. The number of imidazole rings is 1. The summed E-state index contributed by atoms with van der Waals surface area (Å²) < 4.78 is 7.30. The van der Waals surface area contributed by atoms with E-state index in [0.29, 0.717) is 12.6 Å². The molecule has 1 aliphatic carbocycles. The Hall–Kier alpha value is -1.03. The summed E-state index contributed by atoms with van der Waals surface area (Å²) >= 11 is 0. The molecule has 2 unspecified atom stereocenters. The van der Waals surface area contributed by atoms with Crippen LogP contribution in [0.15, 0.2) is 12.4 Å². The van der Waals surface area contributed by atoms with Crippen molar-refractivity contribution in [3.8, 4) is 0 Å². The minimum Gasteiger partial charge on any atom is -0.383 e. The molecule has 90 valence electrons. The van der Waals surface area contributed by atoms with Crippen LogP contribution in [0.3, 0.4) is 0 Å². The fourth-order valence-corrected chi connectivity index (χ4v) is 2.44. The molecule has 0 spiro atoms. The van der Waals surface area contributed by atoms with Crippen molar-refractivity contribution in [2.45, 2.75) is 32.2 Å². The van der Waals surface area contributed by atoms with Gasteiger partial charge in [0.2, 0.25) is 5.95 Å². The number of anilines is 1. The van der Waals surface area contributed by atoms with Gasteiger partial charge in [0.05, 0.1) is 6.61 Å². The van der Waals surface area contributed by atoms with Gasteiger partial charge in [-0.1, -0.05) is 6.92 Å². The van der Waals surface area contributed by atoms with Crippen LogP contribution in [0.25, 0.3) is 0 Å². The summed E-state index contributed by atoms with van der Waals surface area (Å²) in [5.41, 5.74) is 0. The predicted molar refractivity (Wildman–Crippen MR) is 64.6 cm³/mol. The van der Waals surface area contributed by atoms with Gasteiger partial charge >= 0.3 is 0 Å². The van der Waals surface area contributed by atoms with Crippen molar-refractivity contribution >= 4 is 5.95 Å². The Kier molecular flexibility index (Phi) is 3.83. The minimum absolute atomic E-state index is 0.627. The lowest BCUT2D eigenvalue weighted by atomic mass is 10.1. The highest BCUT2D eigenvalue weighted by atomic mass is 16.5. The van der Waals surface area contributed by atoms with Gasteiger partial charge in [0.15, 0.2) is 0 Å². The number of nitrogens with zero attached hydrogens (tertiary/aromatic N) is 2. The maximum Gasteiger partial charge on any atom is 0.203 e. The van der Waals surface area contributed by atoms with Crippen molar-refractivity contribution in [3.05, 3.63) is 12.4 Å². The summed E-state index contributed by atoms with van der Waals surface area (Å²) in [5.74, 6) is 1.83. The molecule has 2 atom stereocenters. The van der Waals surface area contributed by atoms with Gasteiger partial charge in [-0.05, 0) is 25.2 Å². The zero-order valence-electron chi connectivity index (χ0n) is 10.1. The first kappa shape index (κ1) is 11.5. The van der Waals surface area contributed by atoms with Crippen molar-refractivity contribution in [1.29, 1.82) is 0 Å². The van der Waals surface area contributed by atoms with Crippen LogP contribution >= 0.6 is 0 Å². The van der Waals surface area contributed by atoms with Crippen LogP contribution in [0.2, 0.25) is 0 Å². The first-order valence-electron chi connectivity index (χ1n) is 6.07. The van der Waals surface area contributed by atoms with Crippen LogP contribution in [0.1, 0.15) is 32.2 Å². The van der Waals surface area contributed by atoms with E-state index in [2.05, 4.69) is 28.0 Å². The molecule has 2 rings (SSSR count). The average molecular weight is 223 g/mol. The van der Waals surface area contributed by atoms with E-state index in [-0.39, 0.29) is 0 Å². The summed E-state index contributed by atoms with van der Waals surface area (Å²) in [6.45, 7) is 3.86. The molecule has 16 heavy (non-hydrogen) atoms. The largest absolute Gasteiger partial charge is 0.383 e. The first-order chi connectivity index (χ1) is 7.81. The number of methoxy groups -OCH3 is 1. The molecule has 1 aromatic rings. The Morgan fingerprint density at radius 2 is 2.44 bits per heavy atom. The van der Waals surface area contributed by atoms with E-state index in [1.54, 1.807) is 7.11 Å². The molecule has 0 amide bonds. The van der Waals surface area contributed by atoms with E-state index in [4.69, 9.17) is 4.74 Å². The van der Waals surface area contributed by atoms with Crippen molar-refractivity contribution in [2.75, 3.05) is 25.6 Å². The molecular weight excluding hydrogens is 202 g/mol. The number of ether oxygens (including phenoxy) is 1. The molecule has 4 heteroatoms. The molecule has 0 aliphatic heterocycles. The smallest absolute Gasteiger partial charge is 0.203 e. The highest BCUT2D eigenvalue weighted by molar-refractivity contribution is 5.26. The Morgan fingerprint density at radius 1 is 1.56 bits per heavy atom. The molecule has 1 heterocycles. The van der Waals surface area contributed by atoms with Gasteiger partial charge < -0.3 is 14.6 Å². The zero-order chi connectivity index (χ0) is 11.4. The molecule has 1 saturated carbocycles. The zero-order valence-corrected chi connectivity index (χ0v) is 10.1. The van der Waals surface area contributed by atoms with Crippen LogP contribution in [0.5, 0.6) is 0 Å². The fraction of sp³-hybridized carbons (Fsp3) is 0.750. The van der Waals surface area contributed by atoms with Crippen LogP contribution in [0, 0.1) is 5.92 Å². The standard InChI is InChI=1S/C12H21N3O/c1-10-3-4-11(9-10)15-7-5-13-12(15)14-6-8-16-2/h5,7,10-11H,3-4,6,8-9H2,1-2H3,(H,13,14). The van der Waals surface area contributed by atoms with Crippen molar-refractivity contribution in [2.24, 2.45) is 5.92 Å². The summed E-state index contributed by atoms with van der Waals surface area (Å²) in [7, 11) is 1.72. The van der Waals surface area contributed by atoms with Crippen LogP contribution in [-0.2, 0) is 4.74 Å². The molecule has 1 aromatic heterocycles. The second-order valence-electron chi connectivity index (χ2n) is 4.65. The summed E-state index contributed by atoms with van der Waals surface area (Å²) in [4.78, 5) is 4.35. The van der Waals surface area contributed by atoms with Crippen LogP contribution < -0.4 is 5.32 Å². The third kappa shape index (κ3) is 2.55. The Morgan fingerprint density at radius 3 is 3.12 bits per heavy atom. The van der Waals surface area contributed by atoms with Crippen molar-refractivity contribution in [1.82, 2.24) is 9.55 Å². The molecule has 1 fully saturated rings. The maximum atomic E-state index is 5.02. The van der Waals surface area contributed by atoms with Crippen LogP contribution in [0.4, 0.5) is 5.95 Å². The monoisotopic (exact) mass is 223 g/mol. The SMILES string of the molecule is COCCNc1nccn1C1CCC(C)C1. The van der Waals surface area contributed by atoms with E-state index >= 15 is 0 Å². The van der Waals surface area contributed by atoms with Crippen LogP contribution in [-0.4, -0.2) is 29.8 Å². The Bertz CT molecular complexity index is 324. The van der Waals surface area contributed by atoms with Gasteiger partial charge in [-0.25, -0.2) is 4.98 Å². The normalized spacial score (nSPS) is 24.9. The highest BCUT2D eigenvalue weighted by Gasteiger charge is 2.24.